The molecule has 0 radical (unpaired) electrons. The van der Waals surface area contributed by atoms with Gasteiger partial charge in [-0.3, -0.25) is 0 Å². The predicted molar refractivity (Wildman–Crippen MR) is 105 cm³/mol. The summed E-state index contributed by atoms with van der Waals surface area (Å²) in [4.78, 5) is 12.6. The van der Waals surface area contributed by atoms with Gasteiger partial charge in [0.15, 0.2) is 0 Å². The van der Waals surface area contributed by atoms with Crippen LogP contribution < -0.4 is 0 Å². The molecular formula is C22H16F2N2OSe. The molecule has 0 unspecified atom stereocenters. The molecule has 0 saturated carbocycles. The topological polar surface area (TPSA) is 34.9 Å². The maximum atomic E-state index is 14.1. The van der Waals surface area contributed by atoms with Crippen LogP contribution in [0, 0.1) is 11.6 Å². The number of carbonyl (C=O) groups excluding carboxylic acids is 1. The predicted octanol–water partition coefficient (Wildman–Crippen LogP) is 4.51. The third-order valence-corrected chi connectivity index (χ3v) is 6.88. The van der Waals surface area contributed by atoms with E-state index in [0.717, 1.165) is 10.1 Å². The maximum absolute atomic E-state index is 14.1. The van der Waals surface area contributed by atoms with Crippen molar-refractivity contribution in [3.05, 3.63) is 88.4 Å². The third-order valence-electron chi connectivity index (χ3n) is 4.47. The number of benzene rings is 2. The van der Waals surface area contributed by atoms with E-state index in [1.807, 2.05) is 12.1 Å². The molecule has 2 heterocycles. The van der Waals surface area contributed by atoms with Crippen molar-refractivity contribution in [3.8, 4) is 21.4 Å². The molecular weight excluding hydrogens is 425 g/mol. The summed E-state index contributed by atoms with van der Waals surface area (Å²) < 4.78 is 31.2. The molecule has 0 aliphatic carbocycles. The summed E-state index contributed by atoms with van der Waals surface area (Å²) in [5, 5.41) is 4.42. The fourth-order valence-electron chi connectivity index (χ4n) is 3.03. The average Bonchev–Trinajstić information content (AvgIpc) is 3.31. The summed E-state index contributed by atoms with van der Waals surface area (Å²) >= 11 is -0.206. The first-order chi connectivity index (χ1) is 13.5. The Balaban J connectivity index is 1.60. The Labute approximate surface area is 167 Å². The molecule has 0 saturated heterocycles. The Morgan fingerprint density at radius 3 is 2.46 bits per heavy atom. The normalized spacial score (nSPS) is 11.0. The molecule has 2 aromatic heterocycles. The van der Waals surface area contributed by atoms with Crippen molar-refractivity contribution in [1.29, 1.82) is 0 Å². The first-order valence-corrected chi connectivity index (χ1v) is 10.4. The van der Waals surface area contributed by atoms with Gasteiger partial charge in [-0.2, -0.15) is 0 Å². The fourth-order valence-corrected chi connectivity index (χ4v) is 5.10. The van der Waals surface area contributed by atoms with E-state index in [1.165, 1.54) is 12.1 Å². The molecule has 2 aromatic carbocycles. The summed E-state index contributed by atoms with van der Waals surface area (Å²) in [5.74, 6) is -0.763. The van der Waals surface area contributed by atoms with Crippen molar-refractivity contribution in [2.24, 2.45) is 7.05 Å². The van der Waals surface area contributed by atoms with Crippen molar-refractivity contribution >= 4 is 20.3 Å². The van der Waals surface area contributed by atoms with Crippen LogP contribution >= 0.6 is 0 Å². The van der Waals surface area contributed by atoms with E-state index < -0.39 is 0 Å². The molecule has 0 fully saturated rings. The molecule has 28 heavy (non-hydrogen) atoms. The number of hydrogen-bond acceptors (Lipinski definition) is 2. The minimum absolute atomic E-state index is 0.0488. The Hall–Kier alpha value is -2.82. The van der Waals surface area contributed by atoms with E-state index in [2.05, 4.69) is 5.10 Å². The van der Waals surface area contributed by atoms with Crippen LogP contribution in [0.25, 0.3) is 21.4 Å². The van der Waals surface area contributed by atoms with Gasteiger partial charge in [0.05, 0.1) is 0 Å². The second-order valence-electron chi connectivity index (χ2n) is 6.37. The van der Waals surface area contributed by atoms with Crippen molar-refractivity contribution in [3.63, 3.8) is 0 Å². The molecule has 0 aliphatic heterocycles. The van der Waals surface area contributed by atoms with Crippen LogP contribution in [0.2, 0.25) is 0 Å². The summed E-state index contributed by atoms with van der Waals surface area (Å²) in [6.45, 7) is 0. The van der Waals surface area contributed by atoms with Crippen LogP contribution in [0.4, 0.5) is 8.78 Å². The second-order valence-corrected chi connectivity index (χ2v) is 8.65. The van der Waals surface area contributed by atoms with Crippen molar-refractivity contribution in [2.75, 3.05) is 0 Å². The SMILES string of the molecule is Cn1nc(-c2ccccc2F)cc1-c1ccc(C(=O)Cc2ccccc2F)[se]1. The molecule has 0 N–H and O–H groups in total. The van der Waals surface area contributed by atoms with E-state index in [-0.39, 0.29) is 38.3 Å². The van der Waals surface area contributed by atoms with E-state index in [1.54, 1.807) is 54.2 Å². The second kappa shape index (κ2) is 7.66. The number of Topliss-reactive ketones (excluding diaryl/α,β-unsaturated/α-hetero) is 1. The molecule has 0 atom stereocenters. The monoisotopic (exact) mass is 442 g/mol. The van der Waals surface area contributed by atoms with Gasteiger partial charge in [-0.15, -0.1) is 0 Å². The quantitative estimate of drug-likeness (QED) is 0.337. The molecule has 3 nitrogen and oxygen atoms in total. The molecule has 0 bridgehead atoms. The van der Waals surface area contributed by atoms with E-state index >= 15 is 0 Å². The summed E-state index contributed by atoms with van der Waals surface area (Å²) in [6.07, 6.45) is 0.0488. The molecule has 4 aromatic rings. The van der Waals surface area contributed by atoms with Gasteiger partial charge < -0.3 is 0 Å². The van der Waals surface area contributed by atoms with Gasteiger partial charge in [0.25, 0.3) is 0 Å². The van der Waals surface area contributed by atoms with E-state index in [9.17, 15) is 13.6 Å². The van der Waals surface area contributed by atoms with Crippen LogP contribution in [0.1, 0.15) is 14.8 Å². The Bertz CT molecular complexity index is 1160. The molecule has 4 rings (SSSR count). The summed E-state index contributed by atoms with van der Waals surface area (Å²) in [7, 11) is 1.80. The Kier molecular flexibility index (Phi) is 5.07. The van der Waals surface area contributed by atoms with Gasteiger partial charge in [0.2, 0.25) is 0 Å². The van der Waals surface area contributed by atoms with Crippen LogP contribution in [0.15, 0.2) is 66.7 Å². The summed E-state index contributed by atoms with van der Waals surface area (Å²) in [5.41, 5.74) is 2.25. The first-order valence-electron chi connectivity index (χ1n) is 8.68. The summed E-state index contributed by atoms with van der Waals surface area (Å²) in [6, 6.07) is 18.4. The van der Waals surface area contributed by atoms with Crippen molar-refractivity contribution in [1.82, 2.24) is 9.78 Å². The zero-order chi connectivity index (χ0) is 19.7. The van der Waals surface area contributed by atoms with E-state index in [4.69, 9.17) is 0 Å². The number of aryl methyl sites for hydroxylation is 1. The van der Waals surface area contributed by atoms with Crippen LogP contribution in [-0.4, -0.2) is 30.1 Å². The fraction of sp³-hybridized carbons (Fsp3) is 0.0909. The zero-order valence-corrected chi connectivity index (χ0v) is 16.7. The molecule has 0 spiro atoms. The number of carbonyl (C=O) groups is 1. The number of hydrogen-bond donors (Lipinski definition) is 0. The van der Waals surface area contributed by atoms with Gasteiger partial charge in [0, 0.05) is 0 Å². The first kappa shape index (κ1) is 18.5. The number of aromatic nitrogens is 2. The van der Waals surface area contributed by atoms with Gasteiger partial charge in [-0.25, -0.2) is 0 Å². The number of halogens is 2. The molecule has 140 valence electrons. The van der Waals surface area contributed by atoms with Crippen molar-refractivity contribution < 1.29 is 13.6 Å². The molecule has 0 amide bonds. The van der Waals surface area contributed by atoms with E-state index in [0.29, 0.717) is 21.3 Å². The number of ketones is 1. The Morgan fingerprint density at radius 1 is 1.00 bits per heavy atom. The van der Waals surface area contributed by atoms with Crippen molar-refractivity contribution in [2.45, 2.75) is 6.42 Å². The van der Waals surface area contributed by atoms with Crippen LogP contribution in [-0.2, 0) is 13.5 Å². The standard InChI is InChI=1S/C22H16F2N2OSe/c1-26-19(13-18(25-26)15-7-3-5-9-17(15)24)21-10-11-22(28-21)20(27)12-14-6-2-4-8-16(14)23/h2-11,13H,12H2,1H3. The third kappa shape index (κ3) is 3.61. The van der Waals surface area contributed by atoms with Gasteiger partial charge >= 0.3 is 167 Å². The average molecular weight is 441 g/mol. The zero-order valence-electron chi connectivity index (χ0n) is 15.0. The Morgan fingerprint density at radius 2 is 1.71 bits per heavy atom. The number of rotatable bonds is 5. The molecule has 0 aliphatic rings. The minimum atomic E-state index is -0.365. The van der Waals surface area contributed by atoms with Gasteiger partial charge in [-0.1, -0.05) is 0 Å². The van der Waals surface area contributed by atoms with Crippen LogP contribution in [0.5, 0.6) is 0 Å². The van der Waals surface area contributed by atoms with Gasteiger partial charge in [0.1, 0.15) is 0 Å². The van der Waals surface area contributed by atoms with Gasteiger partial charge in [-0.05, 0) is 0 Å². The number of nitrogens with zero attached hydrogens (tertiary/aromatic N) is 2. The van der Waals surface area contributed by atoms with Crippen LogP contribution in [0.3, 0.4) is 0 Å². The molecule has 6 heteroatoms.